The fraction of sp³-hybridized carbons (Fsp3) is 0.364. The van der Waals surface area contributed by atoms with E-state index in [0.717, 1.165) is 5.69 Å². The molecule has 2 rings (SSSR count). The second-order valence-electron chi connectivity index (χ2n) is 3.58. The van der Waals surface area contributed by atoms with Crippen molar-refractivity contribution in [3.8, 4) is 0 Å². The van der Waals surface area contributed by atoms with E-state index >= 15 is 0 Å². The Morgan fingerprint density at radius 1 is 1.53 bits per heavy atom. The highest BCUT2D eigenvalue weighted by atomic mass is 35.5. The van der Waals surface area contributed by atoms with Gasteiger partial charge in [-0.1, -0.05) is 12.1 Å². The Bertz CT molecular complexity index is 381. The second kappa shape index (κ2) is 4.11. The molecule has 0 aromatic heterocycles. The highest BCUT2D eigenvalue weighted by molar-refractivity contribution is 6.18. The predicted molar refractivity (Wildman–Crippen MR) is 59.6 cm³/mol. The summed E-state index contributed by atoms with van der Waals surface area (Å²) in [6.07, 6.45) is -0.239. The van der Waals surface area contributed by atoms with Crippen molar-refractivity contribution >= 4 is 23.3 Å². The lowest BCUT2D eigenvalue weighted by molar-refractivity contribution is 0.0379. The highest BCUT2D eigenvalue weighted by Gasteiger charge is 2.25. The summed E-state index contributed by atoms with van der Waals surface area (Å²) in [7, 11) is 1.93. The summed E-state index contributed by atoms with van der Waals surface area (Å²) in [5.41, 5.74) is 1.50. The van der Waals surface area contributed by atoms with Crippen LogP contribution in [0, 0.1) is 0 Å². The lowest BCUT2D eigenvalue weighted by atomic mass is 10.1. The number of cyclic esters (lactones) is 1. The largest absolute Gasteiger partial charge is 0.456 e. The molecule has 80 valence electrons. The molecule has 15 heavy (non-hydrogen) atoms. The van der Waals surface area contributed by atoms with Gasteiger partial charge in [-0.2, -0.15) is 0 Å². The van der Waals surface area contributed by atoms with Crippen LogP contribution in [-0.2, 0) is 4.74 Å². The molecule has 0 saturated heterocycles. The summed E-state index contributed by atoms with van der Waals surface area (Å²) in [5.74, 6) is 0.0324. The Hall–Kier alpha value is -1.22. The van der Waals surface area contributed by atoms with Crippen LogP contribution in [0.2, 0.25) is 0 Å². The average Bonchev–Trinajstić information content (AvgIpc) is 2.38. The van der Waals surface area contributed by atoms with E-state index in [-0.39, 0.29) is 12.1 Å². The van der Waals surface area contributed by atoms with Crippen LogP contribution in [0.3, 0.4) is 0 Å². The first-order valence-electron chi connectivity index (χ1n) is 4.79. The molecule has 4 heteroatoms. The van der Waals surface area contributed by atoms with E-state index < -0.39 is 0 Å². The fourth-order valence-electron chi connectivity index (χ4n) is 1.72. The maximum absolute atomic E-state index is 11.7. The van der Waals surface area contributed by atoms with Crippen LogP contribution in [-0.4, -0.2) is 31.5 Å². The molecule has 1 atom stereocenters. The number of nitrogens with zero attached hydrogens (tertiary/aromatic N) is 1. The standard InChI is InChI=1S/C11H12ClNO2/c1-13-7-8(6-12)15-11(14)9-4-2-3-5-10(9)13/h2-5,8H,6-7H2,1H3. The summed E-state index contributed by atoms with van der Waals surface area (Å²) in [6.45, 7) is 0.631. The van der Waals surface area contributed by atoms with Gasteiger partial charge in [-0.15, -0.1) is 11.6 Å². The number of halogens is 1. The summed E-state index contributed by atoms with van der Waals surface area (Å²) in [6, 6.07) is 7.41. The van der Waals surface area contributed by atoms with Gasteiger partial charge < -0.3 is 9.64 Å². The van der Waals surface area contributed by atoms with Gasteiger partial charge in [0.15, 0.2) is 0 Å². The van der Waals surface area contributed by atoms with Gasteiger partial charge in [0.25, 0.3) is 0 Å². The number of fused-ring (bicyclic) bond motifs is 1. The first-order chi connectivity index (χ1) is 7.22. The minimum atomic E-state index is -0.291. The Morgan fingerprint density at radius 3 is 3.00 bits per heavy atom. The van der Waals surface area contributed by atoms with Gasteiger partial charge in [0.1, 0.15) is 6.10 Å². The SMILES string of the molecule is CN1CC(CCl)OC(=O)c2ccccc21. The number of rotatable bonds is 1. The third-order valence-electron chi connectivity index (χ3n) is 2.46. The molecule has 1 unspecified atom stereocenters. The molecule has 3 nitrogen and oxygen atoms in total. The minimum Gasteiger partial charge on any atom is -0.456 e. The average molecular weight is 226 g/mol. The molecule has 1 aliphatic rings. The van der Waals surface area contributed by atoms with Gasteiger partial charge in [0.05, 0.1) is 23.7 Å². The number of hydrogen-bond acceptors (Lipinski definition) is 3. The fourth-order valence-corrected chi connectivity index (χ4v) is 1.88. The molecule has 0 aliphatic carbocycles. The molecule has 0 saturated carbocycles. The summed E-state index contributed by atoms with van der Waals surface area (Å²) < 4.78 is 5.24. The summed E-state index contributed by atoms with van der Waals surface area (Å²) in [5, 5.41) is 0. The second-order valence-corrected chi connectivity index (χ2v) is 3.89. The number of anilines is 1. The molecule has 0 fully saturated rings. The number of benzene rings is 1. The normalized spacial score (nSPS) is 20.5. The molecular formula is C11H12ClNO2. The lowest BCUT2D eigenvalue weighted by Crippen LogP contribution is -2.30. The number of hydrogen-bond donors (Lipinski definition) is 0. The third-order valence-corrected chi connectivity index (χ3v) is 2.80. The number of likely N-dealkylation sites (N-methyl/N-ethyl adjacent to an activating group) is 1. The van der Waals surface area contributed by atoms with Gasteiger partial charge in [-0.25, -0.2) is 4.79 Å². The number of para-hydroxylation sites is 1. The highest BCUT2D eigenvalue weighted by Crippen LogP contribution is 2.24. The molecule has 0 radical (unpaired) electrons. The van der Waals surface area contributed by atoms with Gasteiger partial charge in [-0.3, -0.25) is 0 Å². The Morgan fingerprint density at radius 2 is 2.27 bits per heavy atom. The van der Waals surface area contributed by atoms with Crippen molar-refractivity contribution < 1.29 is 9.53 Å². The van der Waals surface area contributed by atoms with Crippen LogP contribution >= 0.6 is 11.6 Å². The summed E-state index contributed by atoms with van der Waals surface area (Å²) >= 11 is 5.72. The molecule has 0 spiro atoms. The van der Waals surface area contributed by atoms with Gasteiger partial charge in [0.2, 0.25) is 0 Å². The molecule has 1 heterocycles. The molecule has 1 aromatic rings. The molecule has 1 aliphatic heterocycles. The zero-order valence-electron chi connectivity index (χ0n) is 8.44. The lowest BCUT2D eigenvalue weighted by Gasteiger charge is -2.20. The van der Waals surface area contributed by atoms with E-state index in [9.17, 15) is 4.79 Å². The van der Waals surface area contributed by atoms with Crippen LogP contribution < -0.4 is 4.90 Å². The van der Waals surface area contributed by atoms with Crippen LogP contribution in [0.15, 0.2) is 24.3 Å². The van der Waals surface area contributed by atoms with Gasteiger partial charge in [-0.05, 0) is 12.1 Å². The van der Waals surface area contributed by atoms with Crippen molar-refractivity contribution in [2.75, 3.05) is 24.4 Å². The molecule has 0 amide bonds. The van der Waals surface area contributed by atoms with Gasteiger partial charge in [0, 0.05) is 7.05 Å². The summed E-state index contributed by atoms with van der Waals surface area (Å²) in [4.78, 5) is 13.7. The van der Waals surface area contributed by atoms with Crippen molar-refractivity contribution in [1.82, 2.24) is 0 Å². The smallest absolute Gasteiger partial charge is 0.340 e. The number of esters is 1. The number of ether oxygens (including phenoxy) is 1. The number of carbonyl (C=O) groups excluding carboxylic acids is 1. The van der Waals surface area contributed by atoms with Crippen LogP contribution in [0.1, 0.15) is 10.4 Å². The van der Waals surface area contributed by atoms with E-state index in [1.807, 2.05) is 30.1 Å². The molecule has 0 bridgehead atoms. The molecular weight excluding hydrogens is 214 g/mol. The van der Waals surface area contributed by atoms with E-state index in [0.29, 0.717) is 18.0 Å². The zero-order valence-corrected chi connectivity index (χ0v) is 9.20. The van der Waals surface area contributed by atoms with Gasteiger partial charge >= 0.3 is 5.97 Å². The van der Waals surface area contributed by atoms with Crippen LogP contribution in [0.25, 0.3) is 0 Å². The first-order valence-corrected chi connectivity index (χ1v) is 5.33. The maximum atomic E-state index is 11.7. The van der Waals surface area contributed by atoms with E-state index in [4.69, 9.17) is 16.3 Å². The van der Waals surface area contributed by atoms with Crippen LogP contribution in [0.5, 0.6) is 0 Å². The van der Waals surface area contributed by atoms with Crippen molar-refractivity contribution in [3.05, 3.63) is 29.8 Å². The van der Waals surface area contributed by atoms with Crippen molar-refractivity contribution in [2.45, 2.75) is 6.10 Å². The number of carbonyl (C=O) groups is 1. The maximum Gasteiger partial charge on any atom is 0.340 e. The van der Waals surface area contributed by atoms with E-state index in [2.05, 4.69) is 0 Å². The Kier molecular flexibility index (Phi) is 2.82. The zero-order chi connectivity index (χ0) is 10.8. The number of alkyl halides is 1. The molecule has 1 aromatic carbocycles. The topological polar surface area (TPSA) is 29.5 Å². The van der Waals surface area contributed by atoms with Crippen molar-refractivity contribution in [2.24, 2.45) is 0 Å². The first kappa shape index (κ1) is 10.3. The predicted octanol–water partition coefficient (Wildman–Crippen LogP) is 1.90. The molecule has 0 N–H and O–H groups in total. The van der Waals surface area contributed by atoms with Crippen LogP contribution in [0.4, 0.5) is 5.69 Å². The van der Waals surface area contributed by atoms with E-state index in [1.54, 1.807) is 6.07 Å². The Balaban J connectivity index is 2.40. The quantitative estimate of drug-likeness (QED) is 0.540. The Labute approximate surface area is 93.6 Å². The minimum absolute atomic E-state index is 0.239. The van der Waals surface area contributed by atoms with E-state index in [1.165, 1.54) is 0 Å². The monoisotopic (exact) mass is 225 g/mol. The third kappa shape index (κ3) is 1.92. The van der Waals surface area contributed by atoms with Crippen molar-refractivity contribution in [1.29, 1.82) is 0 Å². The van der Waals surface area contributed by atoms with Crippen molar-refractivity contribution in [3.63, 3.8) is 0 Å².